The lowest BCUT2D eigenvalue weighted by Gasteiger charge is -2.26. The summed E-state index contributed by atoms with van der Waals surface area (Å²) in [5.74, 6) is 1.57. The molecule has 100 valence electrons. The quantitative estimate of drug-likeness (QED) is 0.794. The summed E-state index contributed by atoms with van der Waals surface area (Å²) in [6.07, 6.45) is 6.64. The predicted octanol–water partition coefficient (Wildman–Crippen LogP) is 4.13. The van der Waals surface area contributed by atoms with E-state index in [9.17, 15) is 0 Å². The zero-order chi connectivity index (χ0) is 13.0. The molecule has 1 aliphatic rings. The van der Waals surface area contributed by atoms with E-state index in [-0.39, 0.29) is 0 Å². The van der Waals surface area contributed by atoms with Crippen LogP contribution in [0.1, 0.15) is 56.6 Å². The molecule has 1 aliphatic carbocycles. The number of hydrogen-bond acceptors (Lipinski definition) is 1. The molecule has 2 rings (SSSR count). The smallest absolute Gasteiger partial charge is 0.00902 e. The van der Waals surface area contributed by atoms with E-state index in [2.05, 4.69) is 50.5 Å². The molecule has 0 radical (unpaired) electrons. The summed E-state index contributed by atoms with van der Waals surface area (Å²) in [5.41, 5.74) is 3.04. The van der Waals surface area contributed by atoms with Crippen LogP contribution in [0, 0.1) is 5.92 Å². The van der Waals surface area contributed by atoms with Crippen LogP contribution >= 0.6 is 0 Å². The van der Waals surface area contributed by atoms with E-state index >= 15 is 0 Å². The first kappa shape index (κ1) is 13.6. The second-order valence-electron chi connectivity index (χ2n) is 6.05. The zero-order valence-electron chi connectivity index (χ0n) is 12.1. The van der Waals surface area contributed by atoms with Gasteiger partial charge in [-0.1, -0.05) is 44.5 Å². The summed E-state index contributed by atoms with van der Waals surface area (Å²) in [5, 5.41) is 3.42. The first-order valence-corrected chi connectivity index (χ1v) is 7.47. The maximum absolute atomic E-state index is 3.42. The Morgan fingerprint density at radius 2 is 1.83 bits per heavy atom. The largest absolute Gasteiger partial charge is 0.317 e. The van der Waals surface area contributed by atoms with Crippen molar-refractivity contribution >= 4 is 0 Å². The molecular weight excluding hydrogens is 218 g/mol. The van der Waals surface area contributed by atoms with Crippen LogP contribution in [0.3, 0.4) is 0 Å². The van der Waals surface area contributed by atoms with Crippen molar-refractivity contribution in [3.8, 4) is 0 Å². The summed E-state index contributed by atoms with van der Waals surface area (Å²) in [7, 11) is 2.07. The van der Waals surface area contributed by atoms with Gasteiger partial charge in [-0.2, -0.15) is 0 Å². The van der Waals surface area contributed by atoms with Gasteiger partial charge in [0, 0.05) is 6.04 Å². The van der Waals surface area contributed by atoms with Crippen LogP contribution in [0.25, 0.3) is 0 Å². The number of benzene rings is 1. The molecule has 1 unspecified atom stereocenters. The standard InChI is InChI=1S/C17H27N/c1-13(2)17(18-3)12-9-14-7-10-16(11-8-14)15-5-4-6-15/h7-8,10-11,13,15,17-18H,4-6,9,12H2,1-3H3. The SMILES string of the molecule is CNC(CCc1ccc(C2CCC2)cc1)C(C)C. The predicted molar refractivity (Wildman–Crippen MR) is 79.0 cm³/mol. The highest BCUT2D eigenvalue weighted by Gasteiger charge is 2.19. The van der Waals surface area contributed by atoms with Gasteiger partial charge >= 0.3 is 0 Å². The second kappa shape index (κ2) is 6.38. The Hall–Kier alpha value is -0.820. The molecule has 1 aromatic carbocycles. The first-order valence-electron chi connectivity index (χ1n) is 7.47. The van der Waals surface area contributed by atoms with Gasteiger partial charge in [0.1, 0.15) is 0 Å². The van der Waals surface area contributed by atoms with E-state index in [4.69, 9.17) is 0 Å². The maximum Gasteiger partial charge on any atom is 0.00902 e. The van der Waals surface area contributed by atoms with Gasteiger partial charge in [0.05, 0.1) is 0 Å². The molecule has 1 N–H and O–H groups in total. The molecule has 1 aromatic rings. The molecule has 1 saturated carbocycles. The Morgan fingerprint density at radius 3 is 2.28 bits per heavy atom. The monoisotopic (exact) mass is 245 g/mol. The van der Waals surface area contributed by atoms with Gasteiger partial charge in [0.2, 0.25) is 0 Å². The summed E-state index contributed by atoms with van der Waals surface area (Å²) >= 11 is 0. The van der Waals surface area contributed by atoms with Crippen molar-refractivity contribution in [2.45, 2.75) is 57.9 Å². The van der Waals surface area contributed by atoms with E-state index in [1.54, 1.807) is 5.56 Å². The van der Waals surface area contributed by atoms with Crippen LogP contribution in [0.2, 0.25) is 0 Å². The highest BCUT2D eigenvalue weighted by molar-refractivity contribution is 5.26. The fourth-order valence-electron chi connectivity index (χ4n) is 2.83. The molecule has 1 fully saturated rings. The van der Waals surface area contributed by atoms with Crippen molar-refractivity contribution in [3.05, 3.63) is 35.4 Å². The van der Waals surface area contributed by atoms with Crippen molar-refractivity contribution in [1.29, 1.82) is 0 Å². The van der Waals surface area contributed by atoms with Gasteiger partial charge in [-0.25, -0.2) is 0 Å². The number of nitrogens with one attached hydrogen (secondary N) is 1. The minimum Gasteiger partial charge on any atom is -0.317 e. The van der Waals surface area contributed by atoms with Crippen LogP contribution in [0.5, 0.6) is 0 Å². The lowest BCUT2D eigenvalue weighted by Crippen LogP contribution is -2.30. The lowest BCUT2D eigenvalue weighted by atomic mass is 9.80. The summed E-state index contributed by atoms with van der Waals surface area (Å²) < 4.78 is 0. The Kier molecular flexibility index (Phi) is 4.82. The minimum absolute atomic E-state index is 0.635. The molecule has 1 heteroatoms. The molecule has 1 atom stereocenters. The average molecular weight is 245 g/mol. The summed E-state index contributed by atoms with van der Waals surface area (Å²) in [4.78, 5) is 0. The lowest BCUT2D eigenvalue weighted by molar-refractivity contribution is 0.402. The van der Waals surface area contributed by atoms with E-state index in [1.165, 1.54) is 37.7 Å². The topological polar surface area (TPSA) is 12.0 Å². The van der Waals surface area contributed by atoms with Crippen LogP contribution in [0.4, 0.5) is 0 Å². The van der Waals surface area contributed by atoms with Crippen LogP contribution in [0.15, 0.2) is 24.3 Å². The first-order chi connectivity index (χ1) is 8.70. The molecule has 0 aliphatic heterocycles. The second-order valence-corrected chi connectivity index (χ2v) is 6.05. The molecule has 0 saturated heterocycles. The van der Waals surface area contributed by atoms with Gasteiger partial charge in [-0.05, 0) is 55.7 Å². The van der Waals surface area contributed by atoms with Crippen molar-refractivity contribution in [1.82, 2.24) is 5.32 Å². The van der Waals surface area contributed by atoms with Gasteiger partial charge in [0.25, 0.3) is 0 Å². The molecule has 0 bridgehead atoms. The summed E-state index contributed by atoms with van der Waals surface area (Å²) in [6, 6.07) is 10.0. The third-order valence-corrected chi connectivity index (χ3v) is 4.48. The Balaban J connectivity index is 1.85. The van der Waals surface area contributed by atoms with E-state index in [0.29, 0.717) is 12.0 Å². The normalized spacial score (nSPS) is 17.8. The Labute approximate surface area is 112 Å². The van der Waals surface area contributed by atoms with Gasteiger partial charge < -0.3 is 5.32 Å². The molecule has 0 heterocycles. The molecule has 0 amide bonds. The third kappa shape index (κ3) is 3.35. The highest BCUT2D eigenvalue weighted by Crippen LogP contribution is 2.36. The number of hydrogen-bond donors (Lipinski definition) is 1. The fraction of sp³-hybridized carbons (Fsp3) is 0.647. The van der Waals surface area contributed by atoms with Gasteiger partial charge in [-0.15, -0.1) is 0 Å². The van der Waals surface area contributed by atoms with Crippen LogP contribution in [-0.2, 0) is 6.42 Å². The molecule has 0 spiro atoms. The molecule has 1 nitrogen and oxygen atoms in total. The Morgan fingerprint density at radius 1 is 1.17 bits per heavy atom. The van der Waals surface area contributed by atoms with Crippen molar-refractivity contribution in [2.24, 2.45) is 5.92 Å². The average Bonchev–Trinajstić information content (AvgIpc) is 2.29. The zero-order valence-corrected chi connectivity index (χ0v) is 12.1. The highest BCUT2D eigenvalue weighted by atomic mass is 14.9. The molecule has 18 heavy (non-hydrogen) atoms. The third-order valence-electron chi connectivity index (χ3n) is 4.48. The fourth-order valence-corrected chi connectivity index (χ4v) is 2.83. The number of rotatable bonds is 6. The molecule has 0 aromatic heterocycles. The number of aryl methyl sites for hydroxylation is 1. The Bertz CT molecular complexity index is 348. The van der Waals surface area contributed by atoms with E-state index in [1.807, 2.05) is 0 Å². The van der Waals surface area contributed by atoms with Gasteiger partial charge in [-0.3, -0.25) is 0 Å². The van der Waals surface area contributed by atoms with E-state index < -0.39 is 0 Å². The van der Waals surface area contributed by atoms with E-state index in [0.717, 1.165) is 5.92 Å². The maximum atomic E-state index is 3.42. The van der Waals surface area contributed by atoms with Crippen LogP contribution in [-0.4, -0.2) is 13.1 Å². The summed E-state index contributed by atoms with van der Waals surface area (Å²) in [6.45, 7) is 4.59. The van der Waals surface area contributed by atoms with Crippen molar-refractivity contribution in [3.63, 3.8) is 0 Å². The van der Waals surface area contributed by atoms with Gasteiger partial charge in [0.15, 0.2) is 0 Å². The van der Waals surface area contributed by atoms with Crippen molar-refractivity contribution < 1.29 is 0 Å². The minimum atomic E-state index is 0.635. The van der Waals surface area contributed by atoms with Crippen molar-refractivity contribution in [2.75, 3.05) is 7.05 Å². The van der Waals surface area contributed by atoms with Crippen LogP contribution < -0.4 is 5.32 Å². The molecular formula is C17H27N.